The Kier molecular flexibility index (Phi) is 6.24. The van der Waals surface area contributed by atoms with Crippen LogP contribution in [0.2, 0.25) is 5.02 Å². The van der Waals surface area contributed by atoms with Crippen molar-refractivity contribution < 1.29 is 18.7 Å². The van der Waals surface area contributed by atoms with E-state index in [0.717, 1.165) is 52.2 Å². The molecule has 2 aliphatic rings. The summed E-state index contributed by atoms with van der Waals surface area (Å²) < 4.78 is 22.0. The molecule has 9 nitrogen and oxygen atoms in total. The fourth-order valence-electron chi connectivity index (χ4n) is 5.15. The van der Waals surface area contributed by atoms with E-state index in [1.165, 1.54) is 18.1 Å². The maximum absolute atomic E-state index is 14.9. The number of hydrogen-bond acceptors (Lipinski definition) is 8. The van der Waals surface area contributed by atoms with Gasteiger partial charge in [0.05, 0.1) is 18.7 Å². The molecule has 0 fully saturated rings. The number of benzene rings is 1. The molecule has 0 bridgehead atoms. The van der Waals surface area contributed by atoms with Crippen molar-refractivity contribution >= 4 is 40.2 Å². The number of thiophene rings is 1. The van der Waals surface area contributed by atoms with Crippen molar-refractivity contribution in [2.75, 3.05) is 7.11 Å². The number of pyridine rings is 1. The Labute approximate surface area is 225 Å². The molecule has 192 valence electrons. The topological polar surface area (TPSA) is 109 Å². The molecule has 0 radical (unpaired) electrons. The van der Waals surface area contributed by atoms with Crippen LogP contribution in [-0.4, -0.2) is 39.0 Å². The van der Waals surface area contributed by atoms with Crippen LogP contribution in [0.1, 0.15) is 51.7 Å². The molecule has 0 N–H and O–H groups in total. The number of aromatic nitrogens is 5. The van der Waals surface area contributed by atoms with Gasteiger partial charge in [-0.3, -0.25) is 4.99 Å². The zero-order valence-electron chi connectivity index (χ0n) is 20.1. The molecule has 0 amide bonds. The predicted octanol–water partition coefficient (Wildman–Crippen LogP) is 4.91. The summed E-state index contributed by atoms with van der Waals surface area (Å²) in [5, 5.41) is 27.0. The second-order valence-corrected chi connectivity index (χ2v) is 10.4. The van der Waals surface area contributed by atoms with Gasteiger partial charge in [0, 0.05) is 51.0 Å². The summed E-state index contributed by atoms with van der Waals surface area (Å²) in [5.41, 5.74) is 5.54. The molecule has 0 saturated heterocycles. The molecule has 1 unspecified atom stereocenters. The zero-order chi connectivity index (χ0) is 26.4. The lowest BCUT2D eigenvalue weighted by Crippen LogP contribution is -2.38. The van der Waals surface area contributed by atoms with E-state index < -0.39 is 11.8 Å². The molecule has 1 aliphatic heterocycles. The molecule has 12 heteroatoms. The number of aryl methyl sites for hydroxylation is 1. The van der Waals surface area contributed by atoms with Gasteiger partial charge in [-0.25, -0.2) is 9.18 Å². The zero-order valence-corrected chi connectivity index (χ0v) is 21.7. The monoisotopic (exact) mass is 550 g/mol. The number of halogens is 2. The van der Waals surface area contributed by atoms with Crippen LogP contribution in [0.15, 0.2) is 53.4 Å². The molecular formula is C26H20ClFN6O3S. The Balaban J connectivity index is 1.32. The highest BCUT2D eigenvalue weighted by molar-refractivity contribution is 7.12. The van der Waals surface area contributed by atoms with Gasteiger partial charge < -0.3 is 9.94 Å². The lowest BCUT2D eigenvalue weighted by molar-refractivity contribution is -0.615. The number of carbonyl (C=O) groups excluding carboxylic acids is 1. The van der Waals surface area contributed by atoms with Crippen molar-refractivity contribution in [2.45, 2.75) is 31.6 Å². The molecule has 1 aliphatic carbocycles. The van der Waals surface area contributed by atoms with Gasteiger partial charge in [0.25, 0.3) is 0 Å². The van der Waals surface area contributed by atoms with Crippen LogP contribution < -0.4 is 4.73 Å². The first kappa shape index (κ1) is 24.4. The number of hydrogen-bond donors (Lipinski definition) is 0. The summed E-state index contributed by atoms with van der Waals surface area (Å²) in [4.78, 5) is 16.4. The van der Waals surface area contributed by atoms with Crippen molar-refractivity contribution in [3.63, 3.8) is 0 Å². The number of aliphatic imine (C=N–C) groups is 1. The first-order valence-electron chi connectivity index (χ1n) is 11.8. The number of esters is 1. The number of fused-ring (bicyclic) bond motifs is 1. The summed E-state index contributed by atoms with van der Waals surface area (Å²) in [6.07, 6.45) is 7.45. The average Bonchev–Trinajstić information content (AvgIpc) is 3.69. The quantitative estimate of drug-likeness (QED) is 0.198. The highest BCUT2D eigenvalue weighted by Crippen LogP contribution is 2.39. The number of allylic oxidation sites excluding steroid dienone is 1. The number of rotatable bonds is 5. The molecule has 3 aromatic heterocycles. The summed E-state index contributed by atoms with van der Waals surface area (Å²) >= 11 is 7.31. The first-order valence-corrected chi connectivity index (χ1v) is 13.1. The Morgan fingerprint density at radius 3 is 2.97 bits per heavy atom. The fourth-order valence-corrected chi connectivity index (χ4v) is 6.20. The van der Waals surface area contributed by atoms with Crippen LogP contribution in [0.4, 0.5) is 4.39 Å². The number of carbonyl (C=O) groups is 1. The van der Waals surface area contributed by atoms with Crippen LogP contribution in [0.25, 0.3) is 22.4 Å². The molecule has 1 aromatic carbocycles. The molecule has 0 spiro atoms. The number of nitrogens with zero attached hydrogens (tertiary/aromatic N) is 6. The van der Waals surface area contributed by atoms with Gasteiger partial charge in [-0.05, 0) is 59.5 Å². The molecule has 1 atom stereocenters. The normalized spacial score (nSPS) is 16.7. The number of ether oxygens (including phenoxy) is 1. The van der Waals surface area contributed by atoms with E-state index in [2.05, 4.69) is 25.3 Å². The van der Waals surface area contributed by atoms with Gasteiger partial charge in [0.1, 0.15) is 11.2 Å². The summed E-state index contributed by atoms with van der Waals surface area (Å²) in [6.45, 7) is 0. The van der Waals surface area contributed by atoms with Gasteiger partial charge in [-0.15, -0.1) is 16.4 Å². The number of tetrazole rings is 1. The Hall–Kier alpha value is -3.96. The molecule has 4 heterocycles. The summed E-state index contributed by atoms with van der Waals surface area (Å²) in [5.74, 6) is -1.50. The lowest BCUT2D eigenvalue weighted by atomic mass is 9.81. The second-order valence-electron chi connectivity index (χ2n) is 9.06. The minimum absolute atomic E-state index is 0.0631. The maximum Gasteiger partial charge on any atom is 0.351 e. The Morgan fingerprint density at radius 2 is 2.18 bits per heavy atom. The molecular weight excluding hydrogens is 531 g/mol. The maximum atomic E-state index is 14.9. The average molecular weight is 551 g/mol. The third-order valence-electron chi connectivity index (χ3n) is 6.89. The van der Waals surface area contributed by atoms with Gasteiger partial charge >= 0.3 is 5.97 Å². The van der Waals surface area contributed by atoms with E-state index >= 15 is 0 Å². The van der Waals surface area contributed by atoms with Crippen molar-refractivity contribution in [2.24, 2.45) is 4.99 Å². The molecule has 6 rings (SSSR count). The fraction of sp³-hybridized carbons (Fsp3) is 0.231. The van der Waals surface area contributed by atoms with Crippen molar-refractivity contribution in [1.29, 1.82) is 0 Å². The van der Waals surface area contributed by atoms with E-state index in [0.29, 0.717) is 39.5 Å². The minimum atomic E-state index is -0.703. The van der Waals surface area contributed by atoms with Gasteiger partial charge in [0.2, 0.25) is 5.69 Å². The first-order chi connectivity index (χ1) is 18.4. The second kappa shape index (κ2) is 9.73. The van der Waals surface area contributed by atoms with Crippen molar-refractivity contribution in [3.05, 3.63) is 86.1 Å². The van der Waals surface area contributed by atoms with Gasteiger partial charge in [0.15, 0.2) is 12.0 Å². The largest absolute Gasteiger partial charge is 0.618 e. The minimum Gasteiger partial charge on any atom is -0.618 e. The Bertz CT molecular complexity index is 1630. The van der Waals surface area contributed by atoms with E-state index in [4.69, 9.17) is 11.6 Å². The van der Waals surface area contributed by atoms with Crippen molar-refractivity contribution in [1.82, 2.24) is 20.2 Å². The van der Waals surface area contributed by atoms with Gasteiger partial charge in [-0.2, -0.15) is 9.41 Å². The van der Waals surface area contributed by atoms with E-state index in [9.17, 15) is 14.4 Å². The standard InChI is InChI=1S/C26H20ClFN6O3S/c1-37-26(35)25-23(28)20(12-38-25)15-8-21(29-10-15)18-4-2-3-14-7-16(11-34(36)24(14)18)19-9-17(27)5-6-22(19)33-13-30-31-32-33/h5-7,9-13,18H,2-4,8H2,1H3. The van der Waals surface area contributed by atoms with E-state index in [-0.39, 0.29) is 10.8 Å². The summed E-state index contributed by atoms with van der Waals surface area (Å²) in [6, 6.07) is 7.35. The predicted molar refractivity (Wildman–Crippen MR) is 140 cm³/mol. The van der Waals surface area contributed by atoms with Crippen LogP contribution in [0, 0.1) is 11.0 Å². The molecule has 0 saturated carbocycles. The molecule has 4 aromatic rings. The Morgan fingerprint density at radius 1 is 1.32 bits per heavy atom. The van der Waals surface area contributed by atoms with Crippen LogP contribution in [0.3, 0.4) is 0 Å². The summed E-state index contributed by atoms with van der Waals surface area (Å²) in [7, 11) is 1.22. The van der Waals surface area contributed by atoms with Crippen LogP contribution in [0.5, 0.6) is 0 Å². The van der Waals surface area contributed by atoms with Crippen molar-refractivity contribution in [3.8, 4) is 16.8 Å². The van der Waals surface area contributed by atoms with Crippen LogP contribution >= 0.6 is 22.9 Å². The van der Waals surface area contributed by atoms with Gasteiger partial charge in [-0.1, -0.05) is 11.6 Å². The smallest absolute Gasteiger partial charge is 0.351 e. The van der Waals surface area contributed by atoms with E-state index in [1.54, 1.807) is 36.0 Å². The lowest BCUT2D eigenvalue weighted by Gasteiger charge is -2.25. The highest BCUT2D eigenvalue weighted by Gasteiger charge is 2.35. The third-order valence-corrected chi connectivity index (χ3v) is 8.06. The SMILES string of the molecule is COC(=O)c1scc(C2=CN=C(C3CCCc4cc(-c5cc(Cl)ccc5-n5cnnn5)c[n+]([O-])c43)C2)c1F. The molecule has 38 heavy (non-hydrogen) atoms. The highest BCUT2D eigenvalue weighted by atomic mass is 35.5. The van der Waals surface area contributed by atoms with E-state index in [1.807, 2.05) is 6.07 Å². The number of methoxy groups -OCH3 is 1. The van der Waals surface area contributed by atoms with Crippen LogP contribution in [-0.2, 0) is 11.2 Å². The third kappa shape index (κ3) is 4.17.